The van der Waals surface area contributed by atoms with Crippen molar-refractivity contribution in [1.82, 2.24) is 29.4 Å². The van der Waals surface area contributed by atoms with E-state index in [4.69, 9.17) is 4.74 Å². The van der Waals surface area contributed by atoms with Crippen molar-refractivity contribution in [2.24, 2.45) is 0 Å². The van der Waals surface area contributed by atoms with E-state index in [0.29, 0.717) is 41.8 Å². The Morgan fingerprint density at radius 1 is 1.17 bits per heavy atom. The molecule has 0 aliphatic rings. The molecule has 2 heterocycles. The van der Waals surface area contributed by atoms with E-state index in [0.717, 1.165) is 5.69 Å². The van der Waals surface area contributed by atoms with Crippen LogP contribution in [0.15, 0.2) is 58.2 Å². The topological polar surface area (TPSA) is 122 Å². The molecule has 184 valence electrons. The van der Waals surface area contributed by atoms with Gasteiger partial charge in [0, 0.05) is 19.7 Å². The Labute approximate surface area is 203 Å². The van der Waals surface area contributed by atoms with Crippen LogP contribution in [0.4, 0.5) is 0 Å². The molecule has 11 heteroatoms. The Morgan fingerprint density at radius 3 is 2.60 bits per heavy atom. The van der Waals surface area contributed by atoms with Crippen LogP contribution in [0.25, 0.3) is 28.1 Å². The van der Waals surface area contributed by atoms with Gasteiger partial charge in [0.2, 0.25) is 10.0 Å². The summed E-state index contributed by atoms with van der Waals surface area (Å²) >= 11 is 0. The lowest BCUT2D eigenvalue weighted by Crippen LogP contribution is -2.29. The van der Waals surface area contributed by atoms with Gasteiger partial charge < -0.3 is 15.0 Å². The summed E-state index contributed by atoms with van der Waals surface area (Å²) in [6.45, 7) is 2.88. The first kappa shape index (κ1) is 24.6. The fourth-order valence-corrected chi connectivity index (χ4v) is 5.08. The number of aromatic amines is 1. The lowest BCUT2D eigenvalue weighted by molar-refractivity contribution is 0.414. The van der Waals surface area contributed by atoms with Crippen molar-refractivity contribution in [3.05, 3.63) is 64.6 Å². The summed E-state index contributed by atoms with van der Waals surface area (Å²) < 4.78 is 34.4. The molecule has 0 fully saturated rings. The fourth-order valence-electron chi connectivity index (χ4n) is 3.85. The molecule has 0 aliphatic heterocycles. The second-order valence-corrected chi connectivity index (χ2v) is 10.1. The third-order valence-corrected chi connectivity index (χ3v) is 7.59. The quantitative estimate of drug-likeness (QED) is 0.341. The highest BCUT2D eigenvalue weighted by molar-refractivity contribution is 7.89. The number of aryl methyl sites for hydroxylation is 1. The molecule has 0 saturated carbocycles. The van der Waals surface area contributed by atoms with Gasteiger partial charge in [-0.2, -0.15) is 5.10 Å². The number of sulfonamides is 1. The molecule has 4 aromatic rings. The maximum Gasteiger partial charge on any atom is 0.277 e. The van der Waals surface area contributed by atoms with Crippen molar-refractivity contribution >= 4 is 21.1 Å². The monoisotopic (exact) mass is 496 g/mol. The fraction of sp³-hybridized carbons (Fsp3) is 0.292. The van der Waals surface area contributed by atoms with Crippen molar-refractivity contribution in [1.29, 1.82) is 0 Å². The number of hydrogen-bond donors (Lipinski definition) is 2. The van der Waals surface area contributed by atoms with Crippen LogP contribution >= 0.6 is 0 Å². The summed E-state index contributed by atoms with van der Waals surface area (Å²) in [6.07, 6.45) is 0.683. The molecule has 4 rings (SSSR count). The average molecular weight is 497 g/mol. The first-order valence-electron chi connectivity index (χ1n) is 11.1. The molecular formula is C24H28N6O4S. The van der Waals surface area contributed by atoms with E-state index in [9.17, 15) is 13.2 Å². The second kappa shape index (κ2) is 9.98. The van der Waals surface area contributed by atoms with Gasteiger partial charge in [-0.3, -0.25) is 4.79 Å². The van der Waals surface area contributed by atoms with E-state index in [1.54, 1.807) is 24.7 Å². The molecule has 0 bridgehead atoms. The number of fused-ring (bicyclic) bond motifs is 1. The molecule has 0 atom stereocenters. The summed E-state index contributed by atoms with van der Waals surface area (Å²) in [4.78, 5) is 20.7. The third-order valence-electron chi connectivity index (χ3n) is 5.74. The smallest absolute Gasteiger partial charge is 0.277 e. The number of nitrogens with one attached hydrogen (secondary N) is 2. The van der Waals surface area contributed by atoms with Crippen LogP contribution < -0.4 is 15.6 Å². The molecular weight excluding hydrogens is 468 g/mol. The highest BCUT2D eigenvalue weighted by atomic mass is 32.2. The van der Waals surface area contributed by atoms with Gasteiger partial charge in [-0.1, -0.05) is 18.2 Å². The third kappa shape index (κ3) is 4.70. The molecule has 2 N–H and O–H groups in total. The van der Waals surface area contributed by atoms with Crippen molar-refractivity contribution in [3.63, 3.8) is 0 Å². The molecule has 35 heavy (non-hydrogen) atoms. The predicted octanol–water partition coefficient (Wildman–Crippen LogP) is 2.32. The van der Waals surface area contributed by atoms with Crippen LogP contribution in [0.1, 0.15) is 12.1 Å². The minimum Gasteiger partial charge on any atom is -0.496 e. The predicted molar refractivity (Wildman–Crippen MR) is 135 cm³/mol. The Kier molecular flexibility index (Phi) is 7.01. The molecule has 0 unspecified atom stereocenters. The zero-order valence-corrected chi connectivity index (χ0v) is 20.9. The van der Waals surface area contributed by atoms with Crippen LogP contribution in [-0.2, 0) is 10.0 Å². The molecule has 0 saturated heterocycles. The molecule has 0 amide bonds. The van der Waals surface area contributed by atoms with Gasteiger partial charge in [0.15, 0.2) is 5.52 Å². The number of para-hydroxylation sites is 1. The Morgan fingerprint density at radius 2 is 1.91 bits per heavy atom. The van der Waals surface area contributed by atoms with Gasteiger partial charge in [-0.25, -0.2) is 22.4 Å². The Hall–Kier alpha value is -3.54. The molecule has 2 aromatic heterocycles. The summed E-state index contributed by atoms with van der Waals surface area (Å²) in [5.41, 5.74) is 2.23. The Bertz CT molecular complexity index is 1510. The molecule has 0 radical (unpaired) electrons. The van der Waals surface area contributed by atoms with Gasteiger partial charge >= 0.3 is 0 Å². The van der Waals surface area contributed by atoms with Crippen molar-refractivity contribution in [3.8, 4) is 22.8 Å². The number of rotatable bonds is 9. The number of ether oxygens (including phenoxy) is 1. The zero-order valence-electron chi connectivity index (χ0n) is 20.1. The molecule has 10 nitrogen and oxygen atoms in total. The normalized spacial score (nSPS) is 11.9. The van der Waals surface area contributed by atoms with Gasteiger partial charge in [0.25, 0.3) is 5.56 Å². The molecule has 2 aromatic carbocycles. The number of benzene rings is 2. The van der Waals surface area contributed by atoms with Gasteiger partial charge in [0.1, 0.15) is 17.1 Å². The number of H-pyrrole nitrogens is 1. The van der Waals surface area contributed by atoms with Crippen LogP contribution in [-0.4, -0.2) is 66.8 Å². The van der Waals surface area contributed by atoms with Crippen LogP contribution in [0.2, 0.25) is 0 Å². The van der Waals surface area contributed by atoms with Gasteiger partial charge in [0.05, 0.1) is 29.0 Å². The summed E-state index contributed by atoms with van der Waals surface area (Å²) in [5, 5.41) is 7.51. The van der Waals surface area contributed by atoms with Crippen molar-refractivity contribution in [2.75, 3.05) is 34.3 Å². The Balaban J connectivity index is 1.76. The second-order valence-electron chi connectivity index (χ2n) is 8.09. The lowest BCUT2D eigenvalue weighted by atomic mass is 10.2. The average Bonchev–Trinajstić information content (AvgIpc) is 3.21. The zero-order chi connectivity index (χ0) is 25.2. The van der Waals surface area contributed by atoms with E-state index >= 15 is 0 Å². The summed E-state index contributed by atoms with van der Waals surface area (Å²) in [6, 6.07) is 13.9. The van der Waals surface area contributed by atoms with Crippen molar-refractivity contribution in [2.45, 2.75) is 18.2 Å². The summed E-state index contributed by atoms with van der Waals surface area (Å²) in [7, 11) is 1.11. The lowest BCUT2D eigenvalue weighted by Gasteiger charge is -2.18. The van der Waals surface area contributed by atoms with Crippen molar-refractivity contribution < 1.29 is 13.2 Å². The van der Waals surface area contributed by atoms with E-state index < -0.39 is 10.0 Å². The minimum atomic E-state index is -3.71. The number of aromatic nitrogens is 4. The molecule has 0 spiro atoms. The first-order chi connectivity index (χ1) is 16.8. The van der Waals surface area contributed by atoms with Gasteiger partial charge in [-0.15, -0.1) is 0 Å². The van der Waals surface area contributed by atoms with Crippen LogP contribution in [0.5, 0.6) is 5.75 Å². The maximum atomic E-state index is 13.1. The van der Waals surface area contributed by atoms with Crippen LogP contribution in [0.3, 0.4) is 0 Å². The highest BCUT2D eigenvalue weighted by Crippen LogP contribution is 2.31. The summed E-state index contributed by atoms with van der Waals surface area (Å²) in [5.74, 6) is 0.548. The highest BCUT2D eigenvalue weighted by Gasteiger charge is 2.23. The number of nitrogens with zero attached hydrogens (tertiary/aromatic N) is 4. The minimum absolute atomic E-state index is 0.0987. The maximum absolute atomic E-state index is 13.1. The van der Waals surface area contributed by atoms with Gasteiger partial charge in [-0.05, 0) is 51.2 Å². The van der Waals surface area contributed by atoms with E-state index in [1.165, 1.54) is 23.5 Å². The van der Waals surface area contributed by atoms with E-state index in [2.05, 4.69) is 20.4 Å². The van der Waals surface area contributed by atoms with Crippen LogP contribution in [0, 0.1) is 6.92 Å². The first-order valence-corrected chi connectivity index (χ1v) is 12.6. The number of hydrogen-bond acceptors (Lipinski definition) is 7. The number of methoxy groups -OCH3 is 1. The SMILES string of the molecule is CNCCCN(C)S(=O)(=O)c1ccc(-c2nc3c(C)nn(-c4ccccc4)c3c(=O)[nH]2)c(OC)c1. The molecule has 0 aliphatic carbocycles. The largest absolute Gasteiger partial charge is 0.496 e. The van der Waals surface area contributed by atoms with E-state index in [-0.39, 0.29) is 22.0 Å². The van der Waals surface area contributed by atoms with E-state index in [1.807, 2.05) is 37.4 Å². The standard InChI is InChI=1S/C24H28N6O4S/c1-16-21-22(30(28-16)17-9-6-5-7-10-17)24(31)27-23(26-21)19-12-11-18(15-20(19)34-4)35(32,33)29(3)14-8-13-25-2/h5-7,9-12,15,25H,8,13-14H2,1-4H3,(H,26,27,31).